The lowest BCUT2D eigenvalue weighted by Gasteiger charge is -2.32. The van der Waals surface area contributed by atoms with Crippen LogP contribution in [0.2, 0.25) is 0 Å². The molecule has 0 bridgehead atoms. The number of anilines is 1. The number of piperidine rings is 1. The predicted octanol–water partition coefficient (Wildman–Crippen LogP) is 3.13. The summed E-state index contributed by atoms with van der Waals surface area (Å²) in [4.78, 5) is 6.93. The molecule has 0 spiro atoms. The van der Waals surface area contributed by atoms with Crippen molar-refractivity contribution in [2.75, 3.05) is 24.6 Å². The van der Waals surface area contributed by atoms with E-state index in [0.717, 1.165) is 49.6 Å². The first-order valence-electron chi connectivity index (χ1n) is 6.63. The van der Waals surface area contributed by atoms with Crippen molar-refractivity contribution in [1.82, 2.24) is 4.98 Å². The highest BCUT2D eigenvalue weighted by Crippen LogP contribution is 2.22. The van der Waals surface area contributed by atoms with Gasteiger partial charge in [0.2, 0.25) is 0 Å². The van der Waals surface area contributed by atoms with Crippen molar-refractivity contribution in [3.63, 3.8) is 0 Å². The number of hydrogen-bond acceptors (Lipinski definition) is 3. The summed E-state index contributed by atoms with van der Waals surface area (Å²) in [6.07, 6.45) is 2.59. The molecule has 3 nitrogen and oxygen atoms in total. The van der Waals surface area contributed by atoms with Gasteiger partial charge in [-0.2, -0.15) is 0 Å². The van der Waals surface area contributed by atoms with E-state index >= 15 is 0 Å². The van der Waals surface area contributed by atoms with Crippen LogP contribution in [-0.4, -0.2) is 30.8 Å². The van der Waals surface area contributed by atoms with Gasteiger partial charge >= 0.3 is 0 Å². The van der Waals surface area contributed by atoms with Crippen molar-refractivity contribution in [1.29, 1.82) is 0 Å². The summed E-state index contributed by atoms with van der Waals surface area (Å²) in [5.74, 6) is 1.60. The fourth-order valence-electron chi connectivity index (χ4n) is 2.45. The molecule has 1 aliphatic rings. The number of nitrogens with zero attached hydrogens (tertiary/aromatic N) is 2. The molecule has 2 rings (SSSR count). The zero-order chi connectivity index (χ0) is 13.0. The fourth-order valence-corrected chi connectivity index (χ4v) is 2.60. The van der Waals surface area contributed by atoms with E-state index < -0.39 is 0 Å². The van der Waals surface area contributed by atoms with E-state index in [0.29, 0.717) is 12.0 Å². The summed E-state index contributed by atoms with van der Waals surface area (Å²) >= 11 is 5.91. The molecule has 0 saturated carbocycles. The number of rotatable bonds is 4. The number of aromatic nitrogens is 1. The zero-order valence-electron chi connectivity index (χ0n) is 11.2. The van der Waals surface area contributed by atoms with Gasteiger partial charge < -0.3 is 9.64 Å². The maximum atomic E-state index is 5.91. The summed E-state index contributed by atoms with van der Waals surface area (Å²) in [6, 6.07) is 4.14. The van der Waals surface area contributed by atoms with Crippen LogP contribution in [0.25, 0.3) is 0 Å². The van der Waals surface area contributed by atoms with Crippen molar-refractivity contribution < 1.29 is 4.74 Å². The molecule has 1 fully saturated rings. The molecule has 2 heterocycles. The molecule has 1 aromatic rings. The SMILES string of the molecule is CCOC1CCN(c2cc(CCl)cc(C)n2)CC1. The van der Waals surface area contributed by atoms with Crippen molar-refractivity contribution in [2.45, 2.75) is 38.7 Å². The first kappa shape index (κ1) is 13.6. The first-order valence-corrected chi connectivity index (χ1v) is 7.16. The van der Waals surface area contributed by atoms with Crippen LogP contribution in [-0.2, 0) is 10.6 Å². The van der Waals surface area contributed by atoms with Crippen LogP contribution in [0.15, 0.2) is 12.1 Å². The summed E-state index contributed by atoms with van der Waals surface area (Å²) in [7, 11) is 0. The summed E-state index contributed by atoms with van der Waals surface area (Å²) in [5, 5.41) is 0. The molecule has 0 aromatic carbocycles. The van der Waals surface area contributed by atoms with Crippen LogP contribution in [0.3, 0.4) is 0 Å². The van der Waals surface area contributed by atoms with Crippen LogP contribution in [0, 0.1) is 6.92 Å². The third-order valence-electron chi connectivity index (χ3n) is 3.32. The molecule has 0 amide bonds. The molecule has 4 heteroatoms. The molecule has 1 saturated heterocycles. The van der Waals surface area contributed by atoms with Crippen LogP contribution in [0.5, 0.6) is 0 Å². The van der Waals surface area contributed by atoms with Gasteiger partial charge in [0.25, 0.3) is 0 Å². The Labute approximate surface area is 114 Å². The van der Waals surface area contributed by atoms with Crippen molar-refractivity contribution in [3.05, 3.63) is 23.4 Å². The van der Waals surface area contributed by atoms with Gasteiger partial charge in [0, 0.05) is 31.3 Å². The summed E-state index contributed by atoms with van der Waals surface area (Å²) < 4.78 is 5.67. The van der Waals surface area contributed by atoms with E-state index in [1.165, 1.54) is 0 Å². The minimum Gasteiger partial charge on any atom is -0.378 e. The maximum absolute atomic E-state index is 5.91. The Morgan fingerprint density at radius 3 is 2.72 bits per heavy atom. The number of hydrogen-bond donors (Lipinski definition) is 0. The van der Waals surface area contributed by atoms with Gasteiger partial charge in [-0.1, -0.05) is 0 Å². The van der Waals surface area contributed by atoms with E-state index in [-0.39, 0.29) is 0 Å². The molecule has 1 aromatic heterocycles. The first-order chi connectivity index (χ1) is 8.72. The highest BCUT2D eigenvalue weighted by atomic mass is 35.5. The van der Waals surface area contributed by atoms with E-state index in [2.05, 4.69) is 22.9 Å². The molecule has 0 N–H and O–H groups in total. The molecule has 0 radical (unpaired) electrons. The van der Waals surface area contributed by atoms with E-state index in [4.69, 9.17) is 16.3 Å². The highest BCUT2D eigenvalue weighted by Gasteiger charge is 2.20. The van der Waals surface area contributed by atoms with Gasteiger partial charge in [-0.15, -0.1) is 11.6 Å². The van der Waals surface area contributed by atoms with Crippen molar-refractivity contribution in [3.8, 4) is 0 Å². The minimum absolute atomic E-state index is 0.420. The van der Waals surface area contributed by atoms with Gasteiger partial charge in [-0.25, -0.2) is 4.98 Å². The minimum atomic E-state index is 0.420. The standard InChI is InChI=1S/C14H21ClN2O/c1-3-18-13-4-6-17(7-5-13)14-9-12(10-15)8-11(2)16-14/h8-9,13H,3-7,10H2,1-2H3. The van der Waals surface area contributed by atoms with Gasteiger partial charge in [0.1, 0.15) is 5.82 Å². The monoisotopic (exact) mass is 268 g/mol. The number of ether oxygens (including phenoxy) is 1. The molecule has 0 unspecified atom stereocenters. The summed E-state index contributed by atoms with van der Waals surface area (Å²) in [5.41, 5.74) is 2.18. The predicted molar refractivity (Wildman–Crippen MR) is 75.4 cm³/mol. The average Bonchev–Trinajstić information content (AvgIpc) is 2.39. The lowest BCUT2D eigenvalue weighted by Crippen LogP contribution is -2.37. The van der Waals surface area contributed by atoms with Crippen LogP contribution < -0.4 is 4.90 Å². The maximum Gasteiger partial charge on any atom is 0.129 e. The topological polar surface area (TPSA) is 25.4 Å². The molecule has 0 atom stereocenters. The Bertz CT molecular complexity index is 389. The van der Waals surface area contributed by atoms with Crippen molar-refractivity contribution in [2.24, 2.45) is 0 Å². The molecule has 0 aliphatic carbocycles. The van der Waals surface area contributed by atoms with Gasteiger partial charge in [-0.3, -0.25) is 0 Å². The molecule has 1 aliphatic heterocycles. The molecule has 100 valence electrons. The number of alkyl halides is 1. The Morgan fingerprint density at radius 2 is 2.11 bits per heavy atom. The Kier molecular flexibility index (Phi) is 4.84. The van der Waals surface area contributed by atoms with Gasteiger partial charge in [0.05, 0.1) is 6.10 Å². The normalized spacial score (nSPS) is 17.2. The molecular formula is C14H21ClN2O. The summed E-state index contributed by atoms with van der Waals surface area (Å²) in [6.45, 7) is 6.92. The Balaban J connectivity index is 2.02. The quantitative estimate of drug-likeness (QED) is 0.785. The average molecular weight is 269 g/mol. The van der Waals surface area contributed by atoms with Gasteiger partial charge in [0.15, 0.2) is 0 Å². The third kappa shape index (κ3) is 3.36. The number of halogens is 1. The number of pyridine rings is 1. The van der Waals surface area contributed by atoms with Gasteiger partial charge in [-0.05, 0) is 44.4 Å². The fraction of sp³-hybridized carbons (Fsp3) is 0.643. The third-order valence-corrected chi connectivity index (χ3v) is 3.63. The lowest BCUT2D eigenvalue weighted by atomic mass is 10.1. The van der Waals surface area contributed by atoms with E-state index in [9.17, 15) is 0 Å². The second-order valence-electron chi connectivity index (χ2n) is 4.75. The van der Waals surface area contributed by atoms with E-state index in [1.54, 1.807) is 0 Å². The molecular weight excluding hydrogens is 248 g/mol. The lowest BCUT2D eigenvalue weighted by molar-refractivity contribution is 0.0458. The zero-order valence-corrected chi connectivity index (χ0v) is 11.9. The Hall–Kier alpha value is -0.800. The van der Waals surface area contributed by atoms with Crippen molar-refractivity contribution >= 4 is 17.4 Å². The largest absolute Gasteiger partial charge is 0.378 e. The highest BCUT2D eigenvalue weighted by molar-refractivity contribution is 6.17. The molecule has 18 heavy (non-hydrogen) atoms. The van der Waals surface area contributed by atoms with Crippen LogP contribution >= 0.6 is 11.6 Å². The van der Waals surface area contributed by atoms with Crippen LogP contribution in [0.1, 0.15) is 31.0 Å². The number of aryl methyl sites for hydroxylation is 1. The Morgan fingerprint density at radius 1 is 1.39 bits per heavy atom. The second-order valence-corrected chi connectivity index (χ2v) is 5.02. The smallest absolute Gasteiger partial charge is 0.129 e. The van der Waals surface area contributed by atoms with E-state index in [1.807, 2.05) is 13.0 Å². The van der Waals surface area contributed by atoms with Crippen LogP contribution in [0.4, 0.5) is 5.82 Å². The second kappa shape index (κ2) is 6.39.